The minimum absolute atomic E-state index is 0.898. The predicted octanol–water partition coefficient (Wildman–Crippen LogP) is 14.3. The van der Waals surface area contributed by atoms with E-state index in [0.717, 1.165) is 77.5 Å². The van der Waals surface area contributed by atoms with Crippen molar-refractivity contribution in [1.82, 2.24) is 4.98 Å². The lowest BCUT2D eigenvalue weighted by Crippen LogP contribution is -1.93. The average molecular weight is 680 g/mol. The third-order valence-corrected chi connectivity index (χ3v) is 11.6. The van der Waals surface area contributed by atoms with Gasteiger partial charge < -0.3 is 4.42 Å². The Morgan fingerprint density at radius 1 is 0.385 bits per heavy atom. The molecular weight excluding hydrogens is 651 g/mol. The Kier molecular flexibility index (Phi) is 6.46. The molecule has 0 atom stereocenters. The van der Waals surface area contributed by atoms with Gasteiger partial charge in [-0.05, 0) is 58.7 Å². The SMILES string of the molecule is c1ccc(-c2cc(-c3cccc4c3nc(-c3ccccc3)c3ccc5sc6ccccc6c5c34)cc(-c3cccc4c3oc3ccccc34)c2)cc1. The van der Waals surface area contributed by atoms with E-state index in [2.05, 4.69) is 170 Å². The van der Waals surface area contributed by atoms with Gasteiger partial charge >= 0.3 is 0 Å². The van der Waals surface area contributed by atoms with E-state index in [4.69, 9.17) is 9.40 Å². The van der Waals surface area contributed by atoms with Crippen molar-refractivity contribution in [3.8, 4) is 44.6 Å². The zero-order valence-corrected chi connectivity index (χ0v) is 28.8. The molecule has 2 nitrogen and oxygen atoms in total. The van der Waals surface area contributed by atoms with Gasteiger partial charge in [0.25, 0.3) is 0 Å². The summed E-state index contributed by atoms with van der Waals surface area (Å²) in [6, 6.07) is 63.0. The van der Waals surface area contributed by atoms with Crippen molar-refractivity contribution < 1.29 is 4.42 Å². The topological polar surface area (TPSA) is 26.0 Å². The minimum atomic E-state index is 0.898. The summed E-state index contributed by atoms with van der Waals surface area (Å²) in [5.74, 6) is 0. The molecule has 0 radical (unpaired) electrons. The van der Waals surface area contributed by atoms with E-state index in [0.29, 0.717) is 0 Å². The maximum Gasteiger partial charge on any atom is 0.143 e. The van der Waals surface area contributed by atoms with Crippen LogP contribution in [0.1, 0.15) is 0 Å². The highest BCUT2D eigenvalue weighted by Gasteiger charge is 2.20. The first-order valence-electron chi connectivity index (χ1n) is 17.6. The van der Waals surface area contributed by atoms with Crippen molar-refractivity contribution in [3.63, 3.8) is 0 Å². The lowest BCUT2D eigenvalue weighted by Gasteiger charge is -2.16. The number of benzene rings is 8. The number of aromatic nitrogens is 1. The van der Waals surface area contributed by atoms with Crippen molar-refractivity contribution >= 4 is 75.1 Å². The van der Waals surface area contributed by atoms with Crippen LogP contribution < -0.4 is 0 Å². The van der Waals surface area contributed by atoms with E-state index in [-0.39, 0.29) is 0 Å². The molecule has 0 spiro atoms. The van der Waals surface area contributed by atoms with Crippen LogP contribution in [0.15, 0.2) is 180 Å². The Bertz CT molecular complexity index is 3170. The molecule has 0 aliphatic rings. The van der Waals surface area contributed by atoms with E-state index in [1.165, 1.54) is 30.9 Å². The Morgan fingerprint density at radius 2 is 1.02 bits per heavy atom. The van der Waals surface area contributed by atoms with Crippen LogP contribution in [0.4, 0.5) is 0 Å². The van der Waals surface area contributed by atoms with Crippen LogP contribution >= 0.6 is 11.3 Å². The van der Waals surface area contributed by atoms with Crippen molar-refractivity contribution in [2.24, 2.45) is 0 Å². The Hall–Kier alpha value is -6.55. The fraction of sp³-hybridized carbons (Fsp3) is 0. The second-order valence-electron chi connectivity index (χ2n) is 13.4. The number of hydrogen-bond acceptors (Lipinski definition) is 3. The molecule has 0 bridgehead atoms. The fourth-order valence-electron chi connectivity index (χ4n) is 8.09. The van der Waals surface area contributed by atoms with Crippen LogP contribution in [-0.2, 0) is 0 Å². The van der Waals surface area contributed by atoms with Crippen LogP contribution in [0, 0.1) is 0 Å². The molecule has 8 aromatic carbocycles. The molecule has 0 unspecified atom stereocenters. The van der Waals surface area contributed by atoms with Crippen molar-refractivity contribution in [2.45, 2.75) is 0 Å². The van der Waals surface area contributed by atoms with Crippen LogP contribution in [0.2, 0.25) is 0 Å². The number of hydrogen-bond donors (Lipinski definition) is 0. The molecule has 3 aromatic heterocycles. The van der Waals surface area contributed by atoms with Gasteiger partial charge in [0.15, 0.2) is 0 Å². The summed E-state index contributed by atoms with van der Waals surface area (Å²) in [5.41, 5.74) is 11.6. The van der Waals surface area contributed by atoms with Gasteiger partial charge in [0.1, 0.15) is 11.2 Å². The molecule has 0 aliphatic carbocycles. The Labute approximate surface area is 303 Å². The fourth-order valence-corrected chi connectivity index (χ4v) is 9.20. The highest BCUT2D eigenvalue weighted by Crippen LogP contribution is 2.46. The highest BCUT2D eigenvalue weighted by molar-refractivity contribution is 7.26. The number of para-hydroxylation sites is 3. The molecule has 3 heteroatoms. The number of rotatable bonds is 4. The maximum atomic E-state index is 6.57. The molecule has 52 heavy (non-hydrogen) atoms. The summed E-state index contributed by atoms with van der Waals surface area (Å²) in [5, 5.41) is 8.43. The molecule has 3 heterocycles. The van der Waals surface area contributed by atoms with E-state index in [1.807, 2.05) is 17.4 Å². The zero-order valence-electron chi connectivity index (χ0n) is 28.0. The summed E-state index contributed by atoms with van der Waals surface area (Å²) in [6.45, 7) is 0. The van der Waals surface area contributed by atoms with Gasteiger partial charge in [0, 0.05) is 63.8 Å². The second kappa shape index (κ2) is 11.5. The van der Waals surface area contributed by atoms with Gasteiger partial charge in [0.2, 0.25) is 0 Å². The summed E-state index contributed by atoms with van der Waals surface area (Å²) < 4.78 is 9.16. The minimum Gasteiger partial charge on any atom is -0.455 e. The molecule has 242 valence electrons. The van der Waals surface area contributed by atoms with Gasteiger partial charge in [0.05, 0.1) is 11.2 Å². The van der Waals surface area contributed by atoms with Gasteiger partial charge in [-0.25, -0.2) is 4.98 Å². The first-order chi connectivity index (χ1) is 25.8. The maximum absolute atomic E-state index is 6.57. The molecule has 0 aliphatic heterocycles. The van der Waals surface area contributed by atoms with Crippen molar-refractivity contribution in [1.29, 1.82) is 0 Å². The van der Waals surface area contributed by atoms with Crippen LogP contribution in [0.5, 0.6) is 0 Å². The first kappa shape index (κ1) is 29.2. The van der Waals surface area contributed by atoms with Gasteiger partial charge in [-0.3, -0.25) is 0 Å². The summed E-state index contributed by atoms with van der Waals surface area (Å²) >= 11 is 1.86. The number of thiophene rings is 1. The van der Waals surface area contributed by atoms with Crippen molar-refractivity contribution in [3.05, 3.63) is 176 Å². The smallest absolute Gasteiger partial charge is 0.143 e. The lowest BCUT2D eigenvalue weighted by molar-refractivity contribution is 0.670. The largest absolute Gasteiger partial charge is 0.455 e. The third kappa shape index (κ3) is 4.46. The molecule has 11 aromatic rings. The molecule has 0 fully saturated rings. The lowest BCUT2D eigenvalue weighted by atomic mass is 9.90. The number of nitrogens with zero attached hydrogens (tertiary/aromatic N) is 1. The van der Waals surface area contributed by atoms with E-state index in [9.17, 15) is 0 Å². The molecule has 0 saturated heterocycles. The second-order valence-corrected chi connectivity index (χ2v) is 14.5. The quantitative estimate of drug-likeness (QED) is 0.173. The van der Waals surface area contributed by atoms with Gasteiger partial charge in [-0.15, -0.1) is 11.3 Å². The van der Waals surface area contributed by atoms with Gasteiger partial charge in [-0.2, -0.15) is 0 Å². The number of fused-ring (bicyclic) bond motifs is 10. The Morgan fingerprint density at radius 3 is 1.85 bits per heavy atom. The zero-order chi connectivity index (χ0) is 34.2. The molecule has 0 amide bonds. The summed E-state index contributed by atoms with van der Waals surface area (Å²) in [4.78, 5) is 5.59. The van der Waals surface area contributed by atoms with E-state index >= 15 is 0 Å². The number of furan rings is 1. The normalized spacial score (nSPS) is 11.8. The summed E-state index contributed by atoms with van der Waals surface area (Å²) in [6.07, 6.45) is 0. The highest BCUT2D eigenvalue weighted by atomic mass is 32.1. The molecule has 0 N–H and O–H groups in total. The monoisotopic (exact) mass is 679 g/mol. The van der Waals surface area contributed by atoms with E-state index in [1.54, 1.807) is 0 Å². The van der Waals surface area contributed by atoms with Crippen molar-refractivity contribution in [2.75, 3.05) is 0 Å². The summed E-state index contributed by atoms with van der Waals surface area (Å²) in [7, 11) is 0. The first-order valence-corrected chi connectivity index (χ1v) is 18.4. The standard InChI is InChI=1S/C49H29NOS/c1-3-13-30(14-4-1)32-27-33(29-34(28-32)36-20-12-21-38-37-17-7-9-23-42(37)51-49(36)38)35-19-11-22-40-45-41(47(50-48(35)40)31-15-5-2-6-16-31)25-26-44-46(45)39-18-8-10-24-43(39)52-44/h1-29H. The molecular formula is C49H29NOS. The molecule has 11 rings (SSSR count). The third-order valence-electron chi connectivity index (χ3n) is 10.4. The average Bonchev–Trinajstić information content (AvgIpc) is 3.79. The number of pyridine rings is 1. The molecule has 0 saturated carbocycles. The van der Waals surface area contributed by atoms with Gasteiger partial charge in [-0.1, -0.05) is 140 Å². The van der Waals surface area contributed by atoms with E-state index < -0.39 is 0 Å². The van der Waals surface area contributed by atoms with Crippen LogP contribution in [0.25, 0.3) is 108 Å². The predicted molar refractivity (Wildman–Crippen MR) is 221 cm³/mol. The Balaban J connectivity index is 1.25. The van der Waals surface area contributed by atoms with Crippen LogP contribution in [-0.4, -0.2) is 4.98 Å². The van der Waals surface area contributed by atoms with Crippen LogP contribution in [0.3, 0.4) is 0 Å².